The Balaban J connectivity index is 1.74. The van der Waals surface area contributed by atoms with Gasteiger partial charge in [-0.2, -0.15) is 0 Å². The van der Waals surface area contributed by atoms with Crippen molar-refractivity contribution in [3.63, 3.8) is 0 Å². The van der Waals surface area contributed by atoms with E-state index in [1.165, 1.54) is 19.1 Å². The molecule has 1 N–H and O–H groups in total. The van der Waals surface area contributed by atoms with Crippen molar-refractivity contribution in [1.29, 1.82) is 0 Å². The van der Waals surface area contributed by atoms with Crippen LogP contribution >= 0.6 is 0 Å². The number of methoxy groups -OCH3 is 2. The first-order chi connectivity index (χ1) is 13.8. The standard InChI is InChI=1S/C21H23N3O5/c1-13-5-7-15(8-6-13)24-14(2)20(26)23(21(24)27)12-19(25)22-17-10-9-16(28-3)11-18(17)29-4/h5-11,14H,12H2,1-4H3,(H,22,25)/t14-/m1/s1. The Morgan fingerprint density at radius 3 is 2.38 bits per heavy atom. The summed E-state index contributed by atoms with van der Waals surface area (Å²) < 4.78 is 10.4. The number of rotatable bonds is 6. The lowest BCUT2D eigenvalue weighted by Crippen LogP contribution is -2.39. The molecule has 0 spiro atoms. The SMILES string of the molecule is COc1ccc(NC(=O)CN2C(=O)[C@@H](C)N(c3ccc(C)cc3)C2=O)c(OC)c1. The summed E-state index contributed by atoms with van der Waals surface area (Å²) in [5, 5.41) is 2.67. The van der Waals surface area contributed by atoms with Crippen LogP contribution in [0.1, 0.15) is 12.5 Å². The number of benzene rings is 2. The number of nitrogens with one attached hydrogen (secondary N) is 1. The number of hydrogen-bond acceptors (Lipinski definition) is 5. The summed E-state index contributed by atoms with van der Waals surface area (Å²) in [6.07, 6.45) is 0. The van der Waals surface area contributed by atoms with Crippen molar-refractivity contribution < 1.29 is 23.9 Å². The molecular formula is C21H23N3O5. The molecule has 0 radical (unpaired) electrons. The van der Waals surface area contributed by atoms with E-state index in [4.69, 9.17) is 9.47 Å². The van der Waals surface area contributed by atoms with Crippen LogP contribution in [0, 0.1) is 6.92 Å². The summed E-state index contributed by atoms with van der Waals surface area (Å²) in [5.41, 5.74) is 2.08. The van der Waals surface area contributed by atoms with Gasteiger partial charge in [0.25, 0.3) is 5.91 Å². The second-order valence-corrected chi connectivity index (χ2v) is 6.70. The Kier molecular flexibility index (Phi) is 5.72. The molecule has 3 rings (SSSR count). The summed E-state index contributed by atoms with van der Waals surface area (Å²) in [6.45, 7) is 3.19. The molecule has 4 amide bonds. The van der Waals surface area contributed by atoms with Crippen molar-refractivity contribution in [2.75, 3.05) is 31.0 Å². The number of carbonyl (C=O) groups is 3. The van der Waals surface area contributed by atoms with Gasteiger partial charge < -0.3 is 14.8 Å². The Hall–Kier alpha value is -3.55. The molecule has 8 heteroatoms. The largest absolute Gasteiger partial charge is 0.497 e. The van der Waals surface area contributed by atoms with Gasteiger partial charge in [-0.05, 0) is 38.1 Å². The van der Waals surface area contributed by atoms with Crippen LogP contribution in [0.25, 0.3) is 0 Å². The third-order valence-electron chi connectivity index (χ3n) is 4.74. The van der Waals surface area contributed by atoms with E-state index in [0.717, 1.165) is 10.5 Å². The highest BCUT2D eigenvalue weighted by Crippen LogP contribution is 2.29. The second kappa shape index (κ2) is 8.22. The van der Waals surface area contributed by atoms with E-state index in [-0.39, 0.29) is 6.54 Å². The third kappa shape index (κ3) is 4.01. The van der Waals surface area contributed by atoms with Crippen LogP contribution in [0.2, 0.25) is 0 Å². The topological polar surface area (TPSA) is 88.2 Å². The Morgan fingerprint density at radius 2 is 1.76 bits per heavy atom. The molecule has 2 aromatic rings. The monoisotopic (exact) mass is 397 g/mol. The van der Waals surface area contributed by atoms with Crippen LogP contribution < -0.4 is 19.7 Å². The van der Waals surface area contributed by atoms with Crippen LogP contribution in [0.3, 0.4) is 0 Å². The summed E-state index contributed by atoms with van der Waals surface area (Å²) in [5.74, 6) is 0.0549. The fourth-order valence-electron chi connectivity index (χ4n) is 3.15. The first kappa shape index (κ1) is 20.2. The number of anilines is 2. The van der Waals surface area contributed by atoms with E-state index in [2.05, 4.69) is 5.32 Å². The highest BCUT2D eigenvalue weighted by Gasteiger charge is 2.44. The van der Waals surface area contributed by atoms with Gasteiger partial charge in [0.15, 0.2) is 0 Å². The van der Waals surface area contributed by atoms with E-state index in [0.29, 0.717) is 22.9 Å². The van der Waals surface area contributed by atoms with Crippen molar-refractivity contribution in [1.82, 2.24) is 4.90 Å². The third-order valence-corrected chi connectivity index (χ3v) is 4.74. The number of carbonyl (C=O) groups excluding carboxylic acids is 3. The summed E-state index contributed by atoms with van der Waals surface area (Å²) in [7, 11) is 3.00. The lowest BCUT2D eigenvalue weighted by molar-refractivity contribution is -0.130. The van der Waals surface area contributed by atoms with Gasteiger partial charge >= 0.3 is 6.03 Å². The maximum absolute atomic E-state index is 12.8. The fraction of sp³-hybridized carbons (Fsp3) is 0.286. The zero-order valence-corrected chi connectivity index (χ0v) is 16.8. The molecule has 8 nitrogen and oxygen atoms in total. The van der Waals surface area contributed by atoms with E-state index >= 15 is 0 Å². The van der Waals surface area contributed by atoms with Crippen LogP contribution in [0.15, 0.2) is 42.5 Å². The predicted octanol–water partition coefficient (Wildman–Crippen LogP) is 2.81. The quantitative estimate of drug-likeness (QED) is 0.758. The fourth-order valence-corrected chi connectivity index (χ4v) is 3.15. The summed E-state index contributed by atoms with van der Waals surface area (Å²) in [4.78, 5) is 40.3. The smallest absolute Gasteiger partial charge is 0.332 e. The van der Waals surface area contributed by atoms with E-state index in [1.807, 2.05) is 19.1 Å². The zero-order chi connectivity index (χ0) is 21.1. The van der Waals surface area contributed by atoms with Gasteiger partial charge in [-0.15, -0.1) is 0 Å². The predicted molar refractivity (Wildman–Crippen MR) is 108 cm³/mol. The molecule has 1 atom stereocenters. The van der Waals surface area contributed by atoms with Gasteiger partial charge in [0.05, 0.1) is 19.9 Å². The second-order valence-electron chi connectivity index (χ2n) is 6.70. The molecule has 0 bridgehead atoms. The molecule has 0 aliphatic carbocycles. The number of ether oxygens (including phenoxy) is 2. The van der Waals surface area contributed by atoms with Gasteiger partial charge in [-0.25, -0.2) is 4.79 Å². The number of aryl methyl sites for hydroxylation is 1. The molecule has 29 heavy (non-hydrogen) atoms. The number of imide groups is 1. The van der Waals surface area contributed by atoms with Gasteiger partial charge in [0.1, 0.15) is 24.1 Å². The number of urea groups is 1. The van der Waals surface area contributed by atoms with Gasteiger partial charge in [0, 0.05) is 11.8 Å². The Bertz CT molecular complexity index is 942. The van der Waals surface area contributed by atoms with Crippen molar-refractivity contribution in [2.45, 2.75) is 19.9 Å². The summed E-state index contributed by atoms with van der Waals surface area (Å²) >= 11 is 0. The number of nitrogens with zero attached hydrogens (tertiary/aromatic N) is 2. The van der Waals surface area contributed by atoms with Crippen LogP contribution in [-0.4, -0.2) is 49.6 Å². The first-order valence-electron chi connectivity index (χ1n) is 9.08. The van der Waals surface area contributed by atoms with Crippen LogP contribution in [0.5, 0.6) is 11.5 Å². The molecule has 1 aliphatic rings. The van der Waals surface area contributed by atoms with Crippen LogP contribution in [0.4, 0.5) is 16.2 Å². The summed E-state index contributed by atoms with van der Waals surface area (Å²) in [6, 6.07) is 11.0. The number of hydrogen-bond donors (Lipinski definition) is 1. The van der Waals surface area contributed by atoms with E-state index in [1.54, 1.807) is 37.3 Å². The minimum absolute atomic E-state index is 0.389. The van der Waals surface area contributed by atoms with Gasteiger partial charge in [-0.3, -0.25) is 19.4 Å². The normalized spacial score (nSPS) is 16.2. The molecule has 2 aromatic carbocycles. The maximum Gasteiger partial charge on any atom is 0.332 e. The minimum atomic E-state index is -0.687. The number of amides is 4. The molecule has 1 heterocycles. The minimum Gasteiger partial charge on any atom is -0.497 e. The molecule has 152 valence electrons. The molecule has 0 saturated carbocycles. The molecule has 0 unspecified atom stereocenters. The lowest BCUT2D eigenvalue weighted by atomic mass is 10.2. The van der Waals surface area contributed by atoms with Crippen molar-refractivity contribution in [3.8, 4) is 11.5 Å². The molecule has 1 saturated heterocycles. The van der Waals surface area contributed by atoms with Crippen molar-refractivity contribution >= 4 is 29.2 Å². The highest BCUT2D eigenvalue weighted by molar-refractivity contribution is 6.16. The van der Waals surface area contributed by atoms with E-state index in [9.17, 15) is 14.4 Å². The van der Waals surface area contributed by atoms with Gasteiger partial charge in [0.2, 0.25) is 5.91 Å². The van der Waals surface area contributed by atoms with Crippen LogP contribution in [-0.2, 0) is 9.59 Å². The maximum atomic E-state index is 12.8. The first-order valence-corrected chi connectivity index (χ1v) is 9.08. The molecular weight excluding hydrogens is 374 g/mol. The molecule has 0 aromatic heterocycles. The lowest BCUT2D eigenvalue weighted by Gasteiger charge is -2.19. The molecule has 1 aliphatic heterocycles. The Morgan fingerprint density at radius 1 is 1.07 bits per heavy atom. The van der Waals surface area contributed by atoms with Gasteiger partial charge in [-0.1, -0.05) is 17.7 Å². The zero-order valence-electron chi connectivity index (χ0n) is 16.8. The Labute approximate surface area is 169 Å². The molecule has 1 fully saturated rings. The average Bonchev–Trinajstić information content (AvgIpc) is 2.92. The van der Waals surface area contributed by atoms with Crippen molar-refractivity contribution in [3.05, 3.63) is 48.0 Å². The average molecular weight is 397 g/mol. The van der Waals surface area contributed by atoms with Crippen molar-refractivity contribution in [2.24, 2.45) is 0 Å². The highest BCUT2D eigenvalue weighted by atomic mass is 16.5. The van der Waals surface area contributed by atoms with E-state index < -0.39 is 23.9 Å².